The predicted octanol–water partition coefficient (Wildman–Crippen LogP) is 2.34. The molecule has 1 atom stereocenters. The van der Waals surface area contributed by atoms with Gasteiger partial charge in [-0.1, -0.05) is 18.2 Å². The van der Waals surface area contributed by atoms with E-state index in [4.69, 9.17) is 0 Å². The van der Waals surface area contributed by atoms with Gasteiger partial charge in [-0.3, -0.25) is 5.10 Å². The molecule has 0 amide bonds. The maximum atomic E-state index is 4.64. The van der Waals surface area contributed by atoms with Crippen LogP contribution in [0.4, 0.5) is 5.95 Å². The lowest BCUT2D eigenvalue weighted by molar-refractivity contribution is 0.480. The third-order valence-electron chi connectivity index (χ3n) is 3.57. The minimum absolute atomic E-state index is 0.469. The van der Waals surface area contributed by atoms with Gasteiger partial charge >= 0.3 is 0 Å². The highest BCUT2D eigenvalue weighted by atomic mass is 79.9. The molecule has 1 saturated heterocycles. The average molecular weight is 336 g/mol. The van der Waals surface area contributed by atoms with Crippen LogP contribution in [0.25, 0.3) is 11.4 Å². The maximum Gasteiger partial charge on any atom is 0.245 e. The lowest BCUT2D eigenvalue weighted by Crippen LogP contribution is -2.49. The number of nitrogens with zero attached hydrogens (tertiary/aromatic N) is 3. The molecular formula is C14H18BrN5. The number of hydrogen-bond donors (Lipinski definition) is 2. The molecule has 20 heavy (non-hydrogen) atoms. The molecule has 106 valence electrons. The highest BCUT2D eigenvalue weighted by Crippen LogP contribution is 2.29. The van der Waals surface area contributed by atoms with Crippen LogP contribution >= 0.6 is 15.9 Å². The van der Waals surface area contributed by atoms with Crippen LogP contribution in [0, 0.1) is 6.92 Å². The number of aryl methyl sites for hydroxylation is 1. The van der Waals surface area contributed by atoms with E-state index < -0.39 is 0 Å². The van der Waals surface area contributed by atoms with E-state index in [1.54, 1.807) is 0 Å². The molecule has 2 aromatic rings. The largest absolute Gasteiger partial charge is 0.337 e. The van der Waals surface area contributed by atoms with Gasteiger partial charge in [0.1, 0.15) is 0 Å². The van der Waals surface area contributed by atoms with Gasteiger partial charge in [0.2, 0.25) is 5.95 Å². The Morgan fingerprint density at radius 1 is 1.40 bits per heavy atom. The summed E-state index contributed by atoms with van der Waals surface area (Å²) in [5.41, 5.74) is 2.24. The second kappa shape index (κ2) is 5.54. The summed E-state index contributed by atoms with van der Waals surface area (Å²) < 4.78 is 1.07. The van der Waals surface area contributed by atoms with E-state index in [0.717, 1.165) is 41.4 Å². The van der Waals surface area contributed by atoms with E-state index in [1.807, 2.05) is 12.1 Å². The lowest BCUT2D eigenvalue weighted by atomic mass is 10.1. The Balaban J connectivity index is 1.88. The monoisotopic (exact) mass is 335 g/mol. The van der Waals surface area contributed by atoms with Gasteiger partial charge in [-0.05, 0) is 35.3 Å². The molecule has 3 rings (SSSR count). The molecule has 1 unspecified atom stereocenters. The number of H-pyrrole nitrogens is 1. The summed E-state index contributed by atoms with van der Waals surface area (Å²) in [6.45, 7) is 7.10. The topological polar surface area (TPSA) is 56.8 Å². The number of anilines is 1. The first-order valence-corrected chi connectivity index (χ1v) is 7.60. The normalized spacial score (nSPS) is 19.4. The summed E-state index contributed by atoms with van der Waals surface area (Å²) in [6.07, 6.45) is 0. The molecule has 5 nitrogen and oxygen atoms in total. The van der Waals surface area contributed by atoms with Crippen molar-refractivity contribution in [3.05, 3.63) is 28.2 Å². The van der Waals surface area contributed by atoms with E-state index in [2.05, 4.69) is 61.2 Å². The van der Waals surface area contributed by atoms with Crippen molar-refractivity contribution >= 4 is 21.9 Å². The number of benzene rings is 1. The SMILES string of the molecule is Cc1cccc(-c2nc(N3CCNC(C)C3)n[nH]2)c1Br. The lowest BCUT2D eigenvalue weighted by Gasteiger charge is -2.30. The van der Waals surface area contributed by atoms with Gasteiger partial charge < -0.3 is 10.2 Å². The number of nitrogens with one attached hydrogen (secondary N) is 2. The second-order valence-electron chi connectivity index (χ2n) is 5.22. The Labute approximate surface area is 126 Å². The molecule has 0 saturated carbocycles. The quantitative estimate of drug-likeness (QED) is 0.884. The zero-order valence-corrected chi connectivity index (χ0v) is 13.2. The van der Waals surface area contributed by atoms with Crippen molar-refractivity contribution in [3.63, 3.8) is 0 Å². The Bertz CT molecular complexity index is 609. The van der Waals surface area contributed by atoms with Crippen molar-refractivity contribution in [1.29, 1.82) is 0 Å². The molecule has 1 aliphatic rings. The summed E-state index contributed by atoms with van der Waals surface area (Å²) in [7, 11) is 0. The molecule has 0 radical (unpaired) electrons. The molecule has 0 bridgehead atoms. The van der Waals surface area contributed by atoms with Crippen LogP contribution in [0.2, 0.25) is 0 Å². The minimum atomic E-state index is 0.469. The molecular weight excluding hydrogens is 318 g/mol. The van der Waals surface area contributed by atoms with Crippen molar-refractivity contribution in [2.75, 3.05) is 24.5 Å². The standard InChI is InChI=1S/C14H18BrN5/c1-9-4-3-5-11(12(9)15)13-17-14(19-18-13)20-7-6-16-10(2)8-20/h3-5,10,16H,6-8H2,1-2H3,(H,17,18,19). The van der Waals surface area contributed by atoms with Gasteiger partial charge in [0.05, 0.1) is 0 Å². The molecule has 1 fully saturated rings. The van der Waals surface area contributed by atoms with Crippen LogP contribution in [-0.4, -0.2) is 40.9 Å². The summed E-state index contributed by atoms with van der Waals surface area (Å²) in [5.74, 6) is 1.59. The van der Waals surface area contributed by atoms with Crippen LogP contribution in [0.15, 0.2) is 22.7 Å². The predicted molar refractivity (Wildman–Crippen MR) is 83.9 cm³/mol. The Hall–Kier alpha value is -1.40. The summed E-state index contributed by atoms with van der Waals surface area (Å²) >= 11 is 3.62. The van der Waals surface area contributed by atoms with Gasteiger partial charge in [-0.25, -0.2) is 0 Å². The van der Waals surface area contributed by atoms with Crippen molar-refractivity contribution in [2.45, 2.75) is 19.9 Å². The fourth-order valence-electron chi connectivity index (χ4n) is 2.46. The molecule has 6 heteroatoms. The molecule has 1 aromatic heterocycles. The molecule has 2 heterocycles. The first-order valence-electron chi connectivity index (χ1n) is 6.81. The van der Waals surface area contributed by atoms with Gasteiger partial charge in [-0.2, -0.15) is 4.98 Å². The summed E-state index contributed by atoms with van der Waals surface area (Å²) in [4.78, 5) is 6.86. The van der Waals surface area contributed by atoms with Crippen LogP contribution in [0.1, 0.15) is 12.5 Å². The highest BCUT2D eigenvalue weighted by Gasteiger charge is 2.20. The Morgan fingerprint density at radius 3 is 3.05 bits per heavy atom. The Morgan fingerprint density at radius 2 is 2.25 bits per heavy atom. The van der Waals surface area contributed by atoms with E-state index >= 15 is 0 Å². The number of rotatable bonds is 2. The summed E-state index contributed by atoms with van der Waals surface area (Å²) in [6, 6.07) is 6.62. The van der Waals surface area contributed by atoms with Crippen LogP contribution in [0.5, 0.6) is 0 Å². The van der Waals surface area contributed by atoms with Gasteiger partial charge in [-0.15, -0.1) is 5.10 Å². The third kappa shape index (κ3) is 2.58. The van der Waals surface area contributed by atoms with Crippen molar-refractivity contribution < 1.29 is 0 Å². The van der Waals surface area contributed by atoms with Crippen molar-refractivity contribution in [1.82, 2.24) is 20.5 Å². The fraction of sp³-hybridized carbons (Fsp3) is 0.429. The van der Waals surface area contributed by atoms with E-state index in [1.165, 1.54) is 5.56 Å². The zero-order chi connectivity index (χ0) is 14.1. The van der Waals surface area contributed by atoms with Crippen LogP contribution < -0.4 is 10.2 Å². The number of halogens is 1. The highest BCUT2D eigenvalue weighted by molar-refractivity contribution is 9.10. The number of hydrogen-bond acceptors (Lipinski definition) is 4. The number of aromatic amines is 1. The Kier molecular flexibility index (Phi) is 3.76. The maximum absolute atomic E-state index is 4.64. The number of aromatic nitrogens is 3. The number of piperazine rings is 1. The molecule has 1 aliphatic heterocycles. The van der Waals surface area contributed by atoms with Gasteiger partial charge in [0, 0.05) is 35.7 Å². The first kappa shape index (κ1) is 13.6. The molecule has 1 aromatic carbocycles. The third-order valence-corrected chi connectivity index (χ3v) is 4.62. The summed E-state index contributed by atoms with van der Waals surface area (Å²) in [5, 5.41) is 10.8. The fourth-order valence-corrected chi connectivity index (χ4v) is 2.91. The molecule has 0 spiro atoms. The average Bonchev–Trinajstić information content (AvgIpc) is 2.91. The molecule has 0 aliphatic carbocycles. The molecule has 2 N–H and O–H groups in total. The van der Waals surface area contributed by atoms with E-state index in [0.29, 0.717) is 6.04 Å². The van der Waals surface area contributed by atoms with E-state index in [-0.39, 0.29) is 0 Å². The van der Waals surface area contributed by atoms with Gasteiger partial charge in [0.15, 0.2) is 5.82 Å². The van der Waals surface area contributed by atoms with E-state index in [9.17, 15) is 0 Å². The van der Waals surface area contributed by atoms with Crippen LogP contribution in [-0.2, 0) is 0 Å². The zero-order valence-electron chi connectivity index (χ0n) is 11.7. The van der Waals surface area contributed by atoms with Crippen LogP contribution in [0.3, 0.4) is 0 Å². The van der Waals surface area contributed by atoms with Crippen molar-refractivity contribution in [2.24, 2.45) is 0 Å². The van der Waals surface area contributed by atoms with Crippen molar-refractivity contribution in [3.8, 4) is 11.4 Å². The van der Waals surface area contributed by atoms with Gasteiger partial charge in [0.25, 0.3) is 0 Å². The second-order valence-corrected chi connectivity index (χ2v) is 6.01. The first-order chi connectivity index (χ1) is 9.65. The minimum Gasteiger partial charge on any atom is -0.337 e. The smallest absolute Gasteiger partial charge is 0.245 e.